The van der Waals surface area contributed by atoms with Crippen LogP contribution in [-0.2, 0) is 15.2 Å². The number of oxime groups is 1. The maximum Gasteiger partial charge on any atom is 0.358 e. The molecule has 2 heterocycles. The summed E-state index contributed by atoms with van der Waals surface area (Å²) in [5, 5.41) is 3.98. The smallest absolute Gasteiger partial charge is 0.358 e. The number of hydrogen-bond acceptors (Lipinski definition) is 6. The minimum atomic E-state index is -0.744. The van der Waals surface area contributed by atoms with E-state index in [9.17, 15) is 4.79 Å². The Kier molecular flexibility index (Phi) is 3.41. The van der Waals surface area contributed by atoms with Gasteiger partial charge in [0.25, 0.3) is 0 Å². The average molecular weight is 282 g/mol. The van der Waals surface area contributed by atoms with Gasteiger partial charge in [-0.25, -0.2) is 9.78 Å². The normalized spacial score (nSPS) is 21.7. The first-order valence-corrected chi connectivity index (χ1v) is 6.01. The summed E-state index contributed by atoms with van der Waals surface area (Å²) >= 11 is 5.96. The van der Waals surface area contributed by atoms with Gasteiger partial charge in [0.2, 0.25) is 0 Å². The van der Waals surface area contributed by atoms with Crippen molar-refractivity contribution in [3.05, 3.63) is 22.5 Å². The number of pyridine rings is 1. The van der Waals surface area contributed by atoms with Crippen LogP contribution in [-0.4, -0.2) is 31.5 Å². The molecule has 2 rings (SSSR count). The van der Waals surface area contributed by atoms with Crippen molar-refractivity contribution in [2.24, 2.45) is 5.16 Å². The molecule has 0 radical (unpaired) electrons. The summed E-state index contributed by atoms with van der Waals surface area (Å²) in [5.74, 6) is -0.641. The topological polar surface area (TPSA) is 86.8 Å². The molecule has 0 saturated heterocycles. The van der Waals surface area contributed by atoms with E-state index in [1.165, 1.54) is 7.11 Å². The monoisotopic (exact) mass is 281 g/mol. The SMILES string of the molecule is BC1=NOC(C)(c2cc(N)c(Cl)c(C(=O)OC)n2)C1. The standard InChI is InChI=1S/C11H13BClN3O3/c1-11(4-7(12)16-19-11)6-3-5(14)8(13)9(15-6)10(17)18-2/h3H,4,12H2,1-2H3,(H2,14,15). The van der Waals surface area contributed by atoms with Crippen LogP contribution in [0, 0.1) is 0 Å². The maximum absolute atomic E-state index is 11.6. The first kappa shape index (κ1) is 13.7. The fourth-order valence-corrected chi connectivity index (χ4v) is 2.09. The van der Waals surface area contributed by atoms with Gasteiger partial charge in [-0.05, 0) is 13.0 Å². The Balaban J connectivity index is 2.49. The molecule has 1 unspecified atom stereocenters. The van der Waals surface area contributed by atoms with E-state index in [4.69, 9.17) is 22.2 Å². The second-order valence-electron chi connectivity index (χ2n) is 4.58. The van der Waals surface area contributed by atoms with E-state index < -0.39 is 11.6 Å². The van der Waals surface area contributed by atoms with Gasteiger partial charge in [0.15, 0.2) is 19.1 Å². The Bertz CT molecular complexity index is 579. The fraction of sp³-hybridized carbons (Fsp3) is 0.364. The van der Waals surface area contributed by atoms with Crippen LogP contribution in [0.25, 0.3) is 0 Å². The molecule has 1 aliphatic rings. The Morgan fingerprint density at radius 1 is 1.68 bits per heavy atom. The lowest BCUT2D eigenvalue weighted by atomic mass is 9.87. The molecule has 0 amide bonds. The number of halogens is 1. The molecule has 2 N–H and O–H groups in total. The summed E-state index contributed by atoms with van der Waals surface area (Å²) in [6, 6.07) is 1.59. The number of nitrogen functional groups attached to an aromatic ring is 1. The van der Waals surface area contributed by atoms with Gasteiger partial charge in [-0.3, -0.25) is 0 Å². The second-order valence-corrected chi connectivity index (χ2v) is 4.95. The lowest BCUT2D eigenvalue weighted by Crippen LogP contribution is -2.25. The molecule has 8 heteroatoms. The largest absolute Gasteiger partial charge is 0.464 e. The molecule has 0 spiro atoms. The summed E-state index contributed by atoms with van der Waals surface area (Å²) in [7, 11) is 3.11. The van der Waals surface area contributed by atoms with Crippen molar-refractivity contribution in [1.29, 1.82) is 0 Å². The molecule has 0 bridgehead atoms. The molecule has 0 aliphatic carbocycles. The molecule has 0 aromatic carbocycles. The zero-order valence-electron chi connectivity index (χ0n) is 10.9. The molecular formula is C11H13BClN3O3. The predicted molar refractivity (Wildman–Crippen MR) is 74.0 cm³/mol. The van der Waals surface area contributed by atoms with Crippen LogP contribution in [0.2, 0.25) is 5.02 Å². The number of ether oxygens (including phenoxy) is 1. The molecule has 1 atom stereocenters. The molecule has 0 fully saturated rings. The van der Waals surface area contributed by atoms with Gasteiger partial charge in [0.05, 0.1) is 23.5 Å². The van der Waals surface area contributed by atoms with Crippen molar-refractivity contribution in [3.63, 3.8) is 0 Å². The summed E-state index contributed by atoms with van der Waals surface area (Å²) < 4.78 is 4.63. The van der Waals surface area contributed by atoms with Crippen LogP contribution in [0.15, 0.2) is 11.2 Å². The highest BCUT2D eigenvalue weighted by molar-refractivity contribution is 6.59. The summed E-state index contributed by atoms with van der Waals surface area (Å²) in [6.07, 6.45) is 0.571. The summed E-state index contributed by atoms with van der Waals surface area (Å²) in [6.45, 7) is 1.82. The zero-order valence-corrected chi connectivity index (χ0v) is 11.6. The third kappa shape index (κ3) is 2.38. The number of carbonyl (C=O) groups excluding carboxylic acids is 1. The highest BCUT2D eigenvalue weighted by atomic mass is 35.5. The summed E-state index contributed by atoms with van der Waals surface area (Å²) in [5.41, 5.74) is 6.63. The van der Waals surface area contributed by atoms with Crippen LogP contribution < -0.4 is 5.73 Å². The van der Waals surface area contributed by atoms with E-state index in [2.05, 4.69) is 14.9 Å². The number of hydrogen-bond donors (Lipinski definition) is 1. The molecule has 1 aromatic heterocycles. The van der Waals surface area contributed by atoms with E-state index in [1.54, 1.807) is 6.07 Å². The minimum absolute atomic E-state index is 0.0199. The first-order chi connectivity index (χ1) is 8.87. The molecule has 1 aliphatic heterocycles. The number of esters is 1. The van der Waals surface area contributed by atoms with Crippen molar-refractivity contribution in [2.75, 3.05) is 12.8 Å². The van der Waals surface area contributed by atoms with Crippen LogP contribution in [0.1, 0.15) is 29.5 Å². The molecule has 0 saturated carbocycles. The Morgan fingerprint density at radius 3 is 2.89 bits per heavy atom. The molecular weight excluding hydrogens is 268 g/mol. The van der Waals surface area contributed by atoms with Gasteiger partial charge < -0.3 is 15.3 Å². The van der Waals surface area contributed by atoms with Crippen molar-refractivity contribution in [2.45, 2.75) is 18.9 Å². The van der Waals surface area contributed by atoms with E-state index in [0.29, 0.717) is 12.1 Å². The Morgan fingerprint density at radius 2 is 2.37 bits per heavy atom. The minimum Gasteiger partial charge on any atom is -0.464 e. The number of anilines is 1. The molecule has 19 heavy (non-hydrogen) atoms. The van der Waals surface area contributed by atoms with Crippen molar-refractivity contribution in [1.82, 2.24) is 4.98 Å². The molecule has 6 nitrogen and oxygen atoms in total. The average Bonchev–Trinajstić information content (AvgIpc) is 2.72. The van der Waals surface area contributed by atoms with Crippen LogP contribution >= 0.6 is 11.6 Å². The van der Waals surface area contributed by atoms with Gasteiger partial charge >= 0.3 is 5.97 Å². The van der Waals surface area contributed by atoms with E-state index in [1.807, 2.05) is 14.8 Å². The number of methoxy groups -OCH3 is 1. The number of aromatic nitrogens is 1. The van der Waals surface area contributed by atoms with E-state index in [0.717, 1.165) is 5.61 Å². The highest BCUT2D eigenvalue weighted by Gasteiger charge is 2.37. The number of carbonyl (C=O) groups is 1. The van der Waals surface area contributed by atoms with Crippen LogP contribution in [0.4, 0.5) is 5.69 Å². The van der Waals surface area contributed by atoms with E-state index in [-0.39, 0.29) is 16.4 Å². The Hall–Kier alpha value is -1.76. The third-order valence-electron chi connectivity index (χ3n) is 2.90. The number of nitrogens with two attached hydrogens (primary N) is 1. The third-order valence-corrected chi connectivity index (χ3v) is 3.30. The molecule has 1 aromatic rings. The van der Waals surface area contributed by atoms with Gasteiger partial charge in [0, 0.05) is 12.0 Å². The van der Waals surface area contributed by atoms with Crippen LogP contribution in [0.5, 0.6) is 0 Å². The highest BCUT2D eigenvalue weighted by Crippen LogP contribution is 2.35. The zero-order chi connectivity index (χ0) is 14.2. The van der Waals surface area contributed by atoms with Crippen molar-refractivity contribution >= 4 is 36.7 Å². The second kappa shape index (κ2) is 4.73. The van der Waals surface area contributed by atoms with Crippen molar-refractivity contribution < 1.29 is 14.4 Å². The van der Waals surface area contributed by atoms with Gasteiger partial charge in [-0.15, -0.1) is 5.16 Å². The predicted octanol–water partition coefficient (Wildman–Crippen LogP) is 0.686. The maximum atomic E-state index is 11.6. The lowest BCUT2D eigenvalue weighted by Gasteiger charge is -2.22. The van der Waals surface area contributed by atoms with Gasteiger partial charge in [0.1, 0.15) is 0 Å². The van der Waals surface area contributed by atoms with Gasteiger partial charge in [-0.2, -0.15) is 0 Å². The fourth-order valence-electron chi connectivity index (χ4n) is 1.92. The lowest BCUT2D eigenvalue weighted by molar-refractivity contribution is -0.0109. The molecule has 100 valence electrons. The van der Waals surface area contributed by atoms with Crippen molar-refractivity contribution in [3.8, 4) is 0 Å². The first-order valence-electron chi connectivity index (χ1n) is 5.64. The van der Waals surface area contributed by atoms with Crippen LogP contribution in [0.3, 0.4) is 0 Å². The van der Waals surface area contributed by atoms with E-state index >= 15 is 0 Å². The quantitative estimate of drug-likeness (QED) is 0.636. The number of rotatable bonds is 2. The Labute approximate surface area is 116 Å². The summed E-state index contributed by atoms with van der Waals surface area (Å²) in [4.78, 5) is 21.2. The van der Waals surface area contributed by atoms with Gasteiger partial charge in [-0.1, -0.05) is 11.6 Å². The number of nitrogens with zero attached hydrogens (tertiary/aromatic N) is 2.